The van der Waals surface area contributed by atoms with Crippen molar-refractivity contribution in [2.75, 3.05) is 0 Å². The van der Waals surface area contributed by atoms with Gasteiger partial charge in [0.1, 0.15) is 0 Å². The number of benzene rings is 5. The maximum Gasteiger partial charge on any atom is -0.00990 e. The first kappa shape index (κ1) is 28.9. The predicted molar refractivity (Wildman–Crippen MR) is 158 cm³/mol. The van der Waals surface area contributed by atoms with Crippen molar-refractivity contribution in [3.8, 4) is 0 Å². The summed E-state index contributed by atoms with van der Waals surface area (Å²) in [5.41, 5.74) is 1.82. The molecule has 180 valence electrons. The van der Waals surface area contributed by atoms with Gasteiger partial charge in [0.05, 0.1) is 0 Å². The lowest BCUT2D eigenvalue weighted by molar-refractivity contribution is 0.469. The third-order valence-corrected chi connectivity index (χ3v) is 4.59. The van der Waals surface area contributed by atoms with Crippen molar-refractivity contribution in [3.63, 3.8) is 0 Å². The van der Waals surface area contributed by atoms with Crippen LogP contribution in [-0.2, 0) is 0 Å². The molecule has 5 rings (SSSR count). The topological polar surface area (TPSA) is 0 Å². The van der Waals surface area contributed by atoms with E-state index in [0.717, 1.165) is 0 Å². The number of aryl methyl sites for hydroxylation is 1. The molecule has 0 aliphatic carbocycles. The summed E-state index contributed by atoms with van der Waals surface area (Å²) < 4.78 is 0. The van der Waals surface area contributed by atoms with Crippen LogP contribution in [0.5, 0.6) is 0 Å². The average molecular weight is 453 g/mol. The van der Waals surface area contributed by atoms with E-state index >= 15 is 0 Å². The van der Waals surface area contributed by atoms with Crippen LogP contribution in [0.15, 0.2) is 103 Å². The Morgan fingerprint density at radius 3 is 0.676 bits per heavy atom. The molecule has 0 saturated carbocycles. The summed E-state index contributed by atoms with van der Waals surface area (Å²) in [7, 11) is 0. The van der Waals surface area contributed by atoms with Gasteiger partial charge in [-0.25, -0.2) is 0 Å². The third-order valence-electron chi connectivity index (χ3n) is 4.59. The molecule has 0 fully saturated rings. The molecule has 0 saturated heterocycles. The molecule has 0 unspecified atom stereocenters. The zero-order valence-corrected chi connectivity index (χ0v) is 22.8. The normalized spacial score (nSPS) is 9.91. The van der Waals surface area contributed by atoms with E-state index in [4.69, 9.17) is 0 Å². The molecule has 0 atom stereocenters. The SMILES string of the molecule is CC.CC.CC(C)(C)C.Cc1ccccc1.c1ccc2c(c1)c1ccccc1c1ccccc21. The zero-order chi connectivity index (χ0) is 25.6. The summed E-state index contributed by atoms with van der Waals surface area (Å²) in [5, 5.41) is 8.04. The fourth-order valence-electron chi connectivity index (χ4n) is 3.39. The first-order valence-electron chi connectivity index (χ1n) is 12.6. The Morgan fingerprint density at radius 1 is 0.353 bits per heavy atom. The lowest BCUT2D eigenvalue weighted by atomic mass is 9.95. The Kier molecular flexibility index (Phi) is 12.7. The highest BCUT2D eigenvalue weighted by Crippen LogP contribution is 2.34. The van der Waals surface area contributed by atoms with Gasteiger partial charge in [-0.1, -0.05) is 164 Å². The van der Waals surface area contributed by atoms with Gasteiger partial charge in [0.2, 0.25) is 0 Å². The highest BCUT2D eigenvalue weighted by molar-refractivity contribution is 6.25. The predicted octanol–water partition coefficient (Wildman–Crippen LogP) is 11.2. The van der Waals surface area contributed by atoms with E-state index in [9.17, 15) is 0 Å². The Labute approximate surface area is 208 Å². The van der Waals surface area contributed by atoms with E-state index in [1.165, 1.54) is 37.9 Å². The van der Waals surface area contributed by atoms with Crippen LogP contribution in [-0.4, -0.2) is 0 Å². The second-order valence-corrected chi connectivity index (χ2v) is 9.29. The summed E-state index contributed by atoms with van der Waals surface area (Å²) in [6.07, 6.45) is 0. The van der Waals surface area contributed by atoms with Crippen molar-refractivity contribution in [1.82, 2.24) is 0 Å². The maximum absolute atomic E-state index is 2.21. The van der Waals surface area contributed by atoms with Crippen molar-refractivity contribution >= 4 is 32.3 Å². The summed E-state index contributed by atoms with van der Waals surface area (Å²) in [4.78, 5) is 0. The molecule has 0 aliphatic heterocycles. The molecular weight excluding hydrogens is 408 g/mol. The first-order valence-corrected chi connectivity index (χ1v) is 12.6. The van der Waals surface area contributed by atoms with Crippen LogP contribution in [0.2, 0.25) is 0 Å². The Morgan fingerprint density at radius 2 is 0.529 bits per heavy atom. The fraction of sp³-hybridized carbons (Fsp3) is 0.294. The second-order valence-electron chi connectivity index (χ2n) is 9.29. The molecule has 0 radical (unpaired) electrons. The van der Waals surface area contributed by atoms with Gasteiger partial charge in [0, 0.05) is 0 Å². The molecule has 5 aromatic carbocycles. The van der Waals surface area contributed by atoms with Gasteiger partial charge in [0.15, 0.2) is 0 Å². The van der Waals surface area contributed by atoms with Crippen LogP contribution in [0, 0.1) is 12.3 Å². The van der Waals surface area contributed by atoms with E-state index in [-0.39, 0.29) is 0 Å². The Bertz CT molecular complexity index is 998. The first-order chi connectivity index (χ1) is 16.3. The van der Waals surface area contributed by atoms with Crippen molar-refractivity contribution in [1.29, 1.82) is 0 Å². The lowest BCUT2D eigenvalue weighted by Gasteiger charge is -2.09. The number of hydrogen-bond donors (Lipinski definition) is 0. The van der Waals surface area contributed by atoms with Gasteiger partial charge < -0.3 is 0 Å². The fourth-order valence-corrected chi connectivity index (χ4v) is 3.39. The van der Waals surface area contributed by atoms with Crippen LogP contribution >= 0.6 is 0 Å². The summed E-state index contributed by atoms with van der Waals surface area (Å²) in [6.45, 7) is 18.8. The van der Waals surface area contributed by atoms with Gasteiger partial charge in [0.25, 0.3) is 0 Å². The van der Waals surface area contributed by atoms with Gasteiger partial charge in [-0.2, -0.15) is 0 Å². The van der Waals surface area contributed by atoms with Crippen LogP contribution in [0.4, 0.5) is 0 Å². The van der Waals surface area contributed by atoms with Crippen molar-refractivity contribution in [2.24, 2.45) is 5.41 Å². The lowest BCUT2D eigenvalue weighted by Crippen LogP contribution is -1.93. The summed E-state index contributed by atoms with van der Waals surface area (Å²) in [6, 6.07) is 36.2. The van der Waals surface area contributed by atoms with Crippen molar-refractivity contribution in [2.45, 2.75) is 62.3 Å². The molecule has 0 aliphatic rings. The molecule has 0 N–H and O–H groups in total. The zero-order valence-electron chi connectivity index (χ0n) is 22.8. The molecule has 0 bridgehead atoms. The van der Waals surface area contributed by atoms with E-state index in [2.05, 4.69) is 120 Å². The Hall–Kier alpha value is -3.12. The van der Waals surface area contributed by atoms with Gasteiger partial charge >= 0.3 is 0 Å². The minimum atomic E-state index is 0.500. The summed E-state index contributed by atoms with van der Waals surface area (Å²) in [5.74, 6) is 0. The molecule has 0 aromatic heterocycles. The van der Waals surface area contributed by atoms with E-state index in [1.807, 2.05) is 45.9 Å². The van der Waals surface area contributed by atoms with Crippen molar-refractivity contribution < 1.29 is 0 Å². The third kappa shape index (κ3) is 9.02. The maximum atomic E-state index is 2.21. The largest absolute Gasteiger partial charge is 0.0683 e. The van der Waals surface area contributed by atoms with Crippen LogP contribution in [0.1, 0.15) is 61.0 Å². The number of rotatable bonds is 0. The standard InChI is InChI=1S/C18H12.C7H8.C5H12.2C2H6/c1-2-8-14-13(7-1)15-9-3-4-11-17(15)18-12-6-5-10-16(14)18;1-7-5-3-2-4-6-7;1-5(2,3)4;2*1-2/h1-12H;2-6H,1H3;1-4H3;2*1-2H3. The summed E-state index contributed by atoms with van der Waals surface area (Å²) >= 11 is 0. The molecule has 0 heteroatoms. The smallest absolute Gasteiger partial charge is 0.00990 e. The molecule has 0 nitrogen and oxygen atoms in total. The van der Waals surface area contributed by atoms with Gasteiger partial charge in [-0.05, 0) is 44.7 Å². The molecule has 0 spiro atoms. The quantitative estimate of drug-likeness (QED) is 0.205. The van der Waals surface area contributed by atoms with Crippen LogP contribution in [0.3, 0.4) is 0 Å². The van der Waals surface area contributed by atoms with Crippen LogP contribution < -0.4 is 0 Å². The monoisotopic (exact) mass is 452 g/mol. The van der Waals surface area contributed by atoms with Gasteiger partial charge in [-0.15, -0.1) is 0 Å². The highest BCUT2D eigenvalue weighted by Gasteiger charge is 2.06. The minimum Gasteiger partial charge on any atom is -0.0683 e. The minimum absolute atomic E-state index is 0.500. The molecular formula is C34H44. The van der Waals surface area contributed by atoms with E-state index in [1.54, 1.807) is 0 Å². The highest BCUT2D eigenvalue weighted by atomic mass is 14.1. The molecule has 34 heavy (non-hydrogen) atoms. The van der Waals surface area contributed by atoms with Crippen LogP contribution in [0.25, 0.3) is 32.3 Å². The molecule has 0 amide bonds. The molecule has 5 aromatic rings. The van der Waals surface area contributed by atoms with E-state index in [0.29, 0.717) is 5.41 Å². The van der Waals surface area contributed by atoms with E-state index < -0.39 is 0 Å². The number of fused-ring (bicyclic) bond motifs is 6. The molecule has 0 heterocycles. The Balaban J connectivity index is 0.000000301. The number of hydrogen-bond acceptors (Lipinski definition) is 0. The van der Waals surface area contributed by atoms with Crippen molar-refractivity contribution in [3.05, 3.63) is 109 Å². The second kappa shape index (κ2) is 14.9. The average Bonchev–Trinajstić information content (AvgIpc) is 2.87. The van der Waals surface area contributed by atoms with Gasteiger partial charge in [-0.3, -0.25) is 0 Å².